The Hall–Kier alpha value is -3.75. The van der Waals surface area contributed by atoms with Gasteiger partial charge in [0.25, 0.3) is 0 Å². The van der Waals surface area contributed by atoms with Gasteiger partial charge >= 0.3 is 8.60 Å². The van der Waals surface area contributed by atoms with Crippen molar-refractivity contribution in [3.63, 3.8) is 0 Å². The highest BCUT2D eigenvalue weighted by Crippen LogP contribution is 2.51. The van der Waals surface area contributed by atoms with Gasteiger partial charge in [0, 0.05) is 11.1 Å². The van der Waals surface area contributed by atoms with Crippen LogP contribution >= 0.6 is 8.60 Å². The zero-order chi connectivity index (χ0) is 23.3. The van der Waals surface area contributed by atoms with E-state index in [1.165, 1.54) is 0 Å². The first-order chi connectivity index (χ1) is 16.7. The molecule has 0 unspecified atom stereocenters. The molecule has 5 aromatic rings. The Balaban J connectivity index is 1.97. The molecular weight excluding hydrogens is 439 g/mol. The molecule has 5 rings (SSSR count). The Morgan fingerprint density at radius 1 is 0.441 bits per heavy atom. The van der Waals surface area contributed by atoms with Gasteiger partial charge in [-0.3, -0.25) is 0 Å². The van der Waals surface area contributed by atoms with Crippen LogP contribution in [0.25, 0.3) is 44.5 Å². The molecule has 0 spiro atoms. The molecule has 0 aliphatic heterocycles. The summed E-state index contributed by atoms with van der Waals surface area (Å²) in [6.07, 6.45) is 0. The molecule has 3 nitrogen and oxygen atoms in total. The van der Waals surface area contributed by atoms with Gasteiger partial charge in [-0.1, -0.05) is 121 Å². The number of hydrogen-bond donors (Lipinski definition) is 2. The van der Waals surface area contributed by atoms with Crippen molar-refractivity contribution < 1.29 is 14.3 Å². The van der Waals surface area contributed by atoms with Crippen molar-refractivity contribution in [2.24, 2.45) is 0 Å². The third-order valence-electron chi connectivity index (χ3n) is 5.74. The summed E-state index contributed by atoms with van der Waals surface area (Å²) in [4.78, 5) is 19.8. The van der Waals surface area contributed by atoms with Crippen molar-refractivity contribution in [3.8, 4) is 50.3 Å². The molecule has 0 saturated carbocycles. The van der Waals surface area contributed by atoms with Crippen molar-refractivity contribution in [1.29, 1.82) is 0 Å². The minimum Gasteiger partial charge on any atom is -0.426 e. The van der Waals surface area contributed by atoms with Crippen molar-refractivity contribution >= 4 is 8.60 Å². The number of rotatable bonds is 6. The molecule has 0 aliphatic carbocycles. The van der Waals surface area contributed by atoms with Crippen LogP contribution in [0.3, 0.4) is 0 Å². The summed E-state index contributed by atoms with van der Waals surface area (Å²) in [5, 5.41) is 0. The molecule has 0 saturated heterocycles. The summed E-state index contributed by atoms with van der Waals surface area (Å²) < 4.78 is 5.69. The van der Waals surface area contributed by atoms with Crippen LogP contribution < -0.4 is 4.52 Å². The van der Waals surface area contributed by atoms with Gasteiger partial charge in [0.15, 0.2) is 0 Å². The van der Waals surface area contributed by atoms with E-state index >= 15 is 0 Å². The van der Waals surface area contributed by atoms with E-state index in [4.69, 9.17) is 4.52 Å². The van der Waals surface area contributed by atoms with Crippen molar-refractivity contribution in [2.75, 3.05) is 0 Å². The highest BCUT2D eigenvalue weighted by atomic mass is 31.2. The quantitative estimate of drug-likeness (QED) is 0.252. The Kier molecular flexibility index (Phi) is 6.51. The summed E-state index contributed by atoms with van der Waals surface area (Å²) in [5.41, 5.74) is 7.85. The molecule has 0 atom stereocenters. The third-order valence-corrected chi connectivity index (χ3v) is 6.10. The smallest absolute Gasteiger partial charge is 0.391 e. The standard InChI is InChI=1S/C30H23O3P/c31-34(32)33-27-21-26(22-13-5-1-6-14-22)28(23-15-7-2-8-16-23)30(25-19-11-4-12-20-25)29(27)24-17-9-3-10-18-24/h1-21,31-32H. The van der Waals surface area contributed by atoms with E-state index in [2.05, 4.69) is 36.4 Å². The molecule has 0 bridgehead atoms. The van der Waals surface area contributed by atoms with Crippen molar-refractivity contribution in [3.05, 3.63) is 127 Å². The molecule has 4 heteroatoms. The Labute approximate surface area is 200 Å². The molecule has 5 aromatic carbocycles. The molecule has 0 radical (unpaired) electrons. The van der Waals surface area contributed by atoms with E-state index in [0.717, 1.165) is 44.5 Å². The van der Waals surface area contributed by atoms with Crippen LogP contribution in [-0.2, 0) is 0 Å². The first-order valence-electron chi connectivity index (χ1n) is 11.0. The minimum atomic E-state index is -2.61. The fraction of sp³-hybridized carbons (Fsp3) is 0. The van der Waals surface area contributed by atoms with Crippen LogP contribution in [0.2, 0.25) is 0 Å². The molecule has 0 amide bonds. The fourth-order valence-corrected chi connectivity index (χ4v) is 4.67. The first-order valence-corrected chi connectivity index (χ1v) is 12.2. The second kappa shape index (κ2) is 10.0. The van der Waals surface area contributed by atoms with Gasteiger partial charge in [-0.2, -0.15) is 0 Å². The Morgan fingerprint density at radius 2 is 0.824 bits per heavy atom. The lowest BCUT2D eigenvalue weighted by Gasteiger charge is -2.24. The van der Waals surface area contributed by atoms with Crippen molar-refractivity contribution in [2.45, 2.75) is 0 Å². The topological polar surface area (TPSA) is 49.7 Å². The minimum absolute atomic E-state index is 0.430. The summed E-state index contributed by atoms with van der Waals surface area (Å²) in [6, 6.07) is 42.4. The van der Waals surface area contributed by atoms with Crippen LogP contribution in [0.4, 0.5) is 0 Å². The summed E-state index contributed by atoms with van der Waals surface area (Å²) >= 11 is 0. The summed E-state index contributed by atoms with van der Waals surface area (Å²) in [7, 11) is -2.61. The molecule has 166 valence electrons. The summed E-state index contributed by atoms with van der Waals surface area (Å²) in [6.45, 7) is 0. The van der Waals surface area contributed by atoms with Gasteiger partial charge < -0.3 is 14.3 Å². The van der Waals surface area contributed by atoms with Gasteiger partial charge in [0.1, 0.15) is 5.75 Å². The predicted octanol–water partition coefficient (Wildman–Crippen LogP) is 7.94. The van der Waals surface area contributed by atoms with Gasteiger partial charge in [-0.25, -0.2) is 0 Å². The predicted molar refractivity (Wildman–Crippen MR) is 140 cm³/mol. The number of benzene rings is 5. The Morgan fingerprint density at radius 3 is 1.26 bits per heavy atom. The average molecular weight is 462 g/mol. The van der Waals surface area contributed by atoms with Gasteiger partial charge in [-0.15, -0.1) is 0 Å². The molecule has 0 aliphatic rings. The lowest BCUT2D eigenvalue weighted by atomic mass is 9.82. The lowest BCUT2D eigenvalue weighted by Crippen LogP contribution is -1.98. The maximum atomic E-state index is 9.88. The van der Waals surface area contributed by atoms with Gasteiger partial charge in [0.05, 0.1) is 0 Å². The van der Waals surface area contributed by atoms with Crippen LogP contribution in [0.5, 0.6) is 5.75 Å². The molecule has 2 N–H and O–H groups in total. The SMILES string of the molecule is OP(O)Oc1cc(-c2ccccc2)c(-c2ccccc2)c(-c2ccccc2)c1-c1ccccc1. The van der Waals surface area contributed by atoms with E-state index in [1.54, 1.807) is 0 Å². The maximum Gasteiger partial charge on any atom is 0.391 e. The van der Waals surface area contributed by atoms with Crippen LogP contribution in [-0.4, -0.2) is 9.79 Å². The Bertz CT molecular complexity index is 1370. The van der Waals surface area contributed by atoms with Crippen molar-refractivity contribution in [1.82, 2.24) is 0 Å². The lowest BCUT2D eigenvalue weighted by molar-refractivity contribution is 0.376. The van der Waals surface area contributed by atoms with E-state index in [1.807, 2.05) is 91.0 Å². The molecule has 0 fully saturated rings. The molecular formula is C30H23O3P. The monoisotopic (exact) mass is 462 g/mol. The van der Waals surface area contributed by atoms with Crippen LogP contribution in [0.15, 0.2) is 127 Å². The normalized spacial score (nSPS) is 10.9. The van der Waals surface area contributed by atoms with E-state index in [9.17, 15) is 9.79 Å². The van der Waals surface area contributed by atoms with Gasteiger partial charge in [-0.05, 0) is 39.4 Å². The molecule has 0 heterocycles. The van der Waals surface area contributed by atoms with E-state index in [-0.39, 0.29) is 0 Å². The second-order valence-electron chi connectivity index (χ2n) is 7.86. The zero-order valence-electron chi connectivity index (χ0n) is 18.4. The summed E-state index contributed by atoms with van der Waals surface area (Å²) in [5.74, 6) is 0.430. The van der Waals surface area contributed by atoms with Crippen LogP contribution in [0, 0.1) is 0 Å². The molecule has 34 heavy (non-hydrogen) atoms. The van der Waals surface area contributed by atoms with Crippen LogP contribution in [0.1, 0.15) is 0 Å². The largest absolute Gasteiger partial charge is 0.426 e. The second-order valence-corrected chi connectivity index (χ2v) is 8.54. The highest BCUT2D eigenvalue weighted by Gasteiger charge is 2.24. The average Bonchev–Trinajstić information content (AvgIpc) is 2.89. The van der Waals surface area contributed by atoms with E-state index in [0.29, 0.717) is 5.75 Å². The molecule has 0 aromatic heterocycles. The maximum absolute atomic E-state index is 9.88. The fourth-order valence-electron chi connectivity index (χ4n) is 4.35. The number of hydrogen-bond acceptors (Lipinski definition) is 3. The highest BCUT2D eigenvalue weighted by molar-refractivity contribution is 7.39. The van der Waals surface area contributed by atoms with E-state index < -0.39 is 8.60 Å². The third kappa shape index (κ3) is 4.50. The first kappa shape index (κ1) is 22.1. The zero-order valence-corrected chi connectivity index (χ0v) is 19.3. The van der Waals surface area contributed by atoms with Gasteiger partial charge in [0.2, 0.25) is 0 Å².